The standard InChI is InChI=1S/C16H15IN2O2/c1-9-6-10-4-5-19(14(10)8-13(9)18)16(21)11-2-3-12(17)15(20)7-11/h2-3,6-8,20H,4-5,18H2,1H3. The number of fused-ring (bicyclic) bond motifs is 1. The van der Waals surface area contributed by atoms with E-state index < -0.39 is 0 Å². The third-order valence-corrected chi connectivity index (χ3v) is 4.71. The predicted octanol–water partition coefficient (Wildman–Crippen LogP) is 3.09. The van der Waals surface area contributed by atoms with E-state index in [0.29, 0.717) is 17.8 Å². The number of anilines is 2. The number of phenols is 1. The van der Waals surface area contributed by atoms with Gasteiger partial charge in [-0.1, -0.05) is 6.07 Å². The van der Waals surface area contributed by atoms with Crippen molar-refractivity contribution in [3.05, 3.63) is 50.6 Å². The fourth-order valence-electron chi connectivity index (χ4n) is 2.59. The molecule has 108 valence electrons. The summed E-state index contributed by atoms with van der Waals surface area (Å²) in [4.78, 5) is 14.4. The number of nitrogens with two attached hydrogens (primary N) is 1. The molecule has 0 atom stereocenters. The molecule has 0 saturated heterocycles. The number of aromatic hydroxyl groups is 1. The fourth-order valence-corrected chi connectivity index (χ4v) is 2.92. The van der Waals surface area contributed by atoms with Gasteiger partial charge < -0.3 is 15.7 Å². The lowest BCUT2D eigenvalue weighted by Gasteiger charge is -2.18. The van der Waals surface area contributed by atoms with Crippen molar-refractivity contribution in [1.82, 2.24) is 0 Å². The molecule has 0 aliphatic carbocycles. The number of halogens is 1. The maximum atomic E-state index is 12.6. The number of amides is 1. The second-order valence-electron chi connectivity index (χ2n) is 5.21. The highest BCUT2D eigenvalue weighted by Gasteiger charge is 2.26. The fraction of sp³-hybridized carbons (Fsp3) is 0.188. The highest BCUT2D eigenvalue weighted by atomic mass is 127. The van der Waals surface area contributed by atoms with Gasteiger partial charge in [0.1, 0.15) is 5.75 Å². The summed E-state index contributed by atoms with van der Waals surface area (Å²) in [7, 11) is 0. The lowest BCUT2D eigenvalue weighted by molar-refractivity contribution is 0.0989. The summed E-state index contributed by atoms with van der Waals surface area (Å²) < 4.78 is 0.728. The Morgan fingerprint density at radius 1 is 1.33 bits per heavy atom. The topological polar surface area (TPSA) is 66.6 Å². The van der Waals surface area contributed by atoms with Crippen molar-refractivity contribution >= 4 is 39.9 Å². The van der Waals surface area contributed by atoms with E-state index in [9.17, 15) is 9.90 Å². The zero-order valence-electron chi connectivity index (χ0n) is 11.6. The third kappa shape index (κ3) is 2.46. The molecule has 2 aromatic rings. The maximum Gasteiger partial charge on any atom is 0.258 e. The van der Waals surface area contributed by atoms with Crippen molar-refractivity contribution in [2.24, 2.45) is 0 Å². The summed E-state index contributed by atoms with van der Waals surface area (Å²) in [5.74, 6) is 0.0213. The van der Waals surface area contributed by atoms with Gasteiger partial charge in [0.2, 0.25) is 0 Å². The van der Waals surface area contributed by atoms with Gasteiger partial charge in [0, 0.05) is 23.5 Å². The Morgan fingerprint density at radius 2 is 2.10 bits per heavy atom. The van der Waals surface area contributed by atoms with Crippen molar-refractivity contribution in [1.29, 1.82) is 0 Å². The number of carbonyl (C=O) groups excluding carboxylic acids is 1. The van der Waals surface area contributed by atoms with Crippen molar-refractivity contribution in [3.63, 3.8) is 0 Å². The zero-order valence-corrected chi connectivity index (χ0v) is 13.7. The van der Waals surface area contributed by atoms with E-state index in [1.807, 2.05) is 41.6 Å². The molecule has 0 unspecified atom stereocenters. The SMILES string of the molecule is Cc1cc2c(cc1N)N(C(=O)c1ccc(I)c(O)c1)CC2. The van der Waals surface area contributed by atoms with Crippen LogP contribution in [-0.4, -0.2) is 17.6 Å². The zero-order chi connectivity index (χ0) is 15.1. The molecule has 0 saturated carbocycles. The second-order valence-corrected chi connectivity index (χ2v) is 6.37. The van der Waals surface area contributed by atoms with E-state index in [1.54, 1.807) is 17.0 Å². The number of benzene rings is 2. The van der Waals surface area contributed by atoms with Gasteiger partial charge in [-0.05, 0) is 71.3 Å². The molecule has 1 aliphatic rings. The second kappa shape index (κ2) is 5.22. The Balaban J connectivity index is 1.98. The van der Waals surface area contributed by atoms with E-state index in [1.165, 1.54) is 6.07 Å². The summed E-state index contributed by atoms with van der Waals surface area (Å²) in [5, 5.41) is 9.77. The molecule has 2 aromatic carbocycles. The molecule has 21 heavy (non-hydrogen) atoms. The highest BCUT2D eigenvalue weighted by Crippen LogP contribution is 2.33. The number of aryl methyl sites for hydroxylation is 1. The highest BCUT2D eigenvalue weighted by molar-refractivity contribution is 14.1. The lowest BCUT2D eigenvalue weighted by Crippen LogP contribution is -2.28. The van der Waals surface area contributed by atoms with Crippen molar-refractivity contribution in [2.75, 3.05) is 17.2 Å². The Kier molecular flexibility index (Phi) is 3.52. The van der Waals surface area contributed by atoms with Gasteiger partial charge in [-0.25, -0.2) is 0 Å². The van der Waals surface area contributed by atoms with E-state index >= 15 is 0 Å². The predicted molar refractivity (Wildman–Crippen MR) is 91.8 cm³/mol. The molecule has 0 radical (unpaired) electrons. The Hall–Kier alpha value is -1.76. The Labute approximate surface area is 136 Å². The van der Waals surface area contributed by atoms with Gasteiger partial charge in [-0.3, -0.25) is 4.79 Å². The molecule has 4 nitrogen and oxygen atoms in total. The van der Waals surface area contributed by atoms with Crippen LogP contribution in [0.5, 0.6) is 5.75 Å². The van der Waals surface area contributed by atoms with Crippen LogP contribution in [0.15, 0.2) is 30.3 Å². The summed E-state index contributed by atoms with van der Waals surface area (Å²) in [6.45, 7) is 2.61. The van der Waals surface area contributed by atoms with Crippen molar-refractivity contribution < 1.29 is 9.90 Å². The molecule has 1 aliphatic heterocycles. The first-order valence-electron chi connectivity index (χ1n) is 6.67. The Bertz CT molecular complexity index is 743. The molecular weight excluding hydrogens is 379 g/mol. The minimum atomic E-state index is -0.108. The quantitative estimate of drug-likeness (QED) is 0.577. The summed E-state index contributed by atoms with van der Waals surface area (Å²) in [6.07, 6.45) is 0.832. The molecule has 3 rings (SSSR count). The molecular formula is C16H15IN2O2. The van der Waals surface area contributed by atoms with Crippen LogP contribution in [0.1, 0.15) is 21.5 Å². The first kappa shape index (κ1) is 14.2. The minimum Gasteiger partial charge on any atom is -0.507 e. The average molecular weight is 394 g/mol. The van der Waals surface area contributed by atoms with Crippen LogP contribution in [0.4, 0.5) is 11.4 Å². The summed E-state index contributed by atoms with van der Waals surface area (Å²) in [6, 6.07) is 8.90. The number of phenolic OH excluding ortho intramolecular Hbond substituents is 1. The molecule has 5 heteroatoms. The van der Waals surface area contributed by atoms with Crippen LogP contribution in [0.3, 0.4) is 0 Å². The number of hydrogen-bond acceptors (Lipinski definition) is 3. The number of carbonyl (C=O) groups is 1. The molecule has 0 aromatic heterocycles. The van der Waals surface area contributed by atoms with Gasteiger partial charge in [0.15, 0.2) is 0 Å². The van der Waals surface area contributed by atoms with Crippen LogP contribution >= 0.6 is 22.6 Å². The van der Waals surface area contributed by atoms with Crippen LogP contribution in [0.2, 0.25) is 0 Å². The van der Waals surface area contributed by atoms with Crippen LogP contribution in [0, 0.1) is 10.5 Å². The van der Waals surface area contributed by atoms with E-state index in [-0.39, 0.29) is 11.7 Å². The molecule has 1 heterocycles. The van der Waals surface area contributed by atoms with Crippen molar-refractivity contribution in [2.45, 2.75) is 13.3 Å². The molecule has 1 amide bonds. The summed E-state index contributed by atoms with van der Waals surface area (Å²) >= 11 is 2.03. The molecule has 3 N–H and O–H groups in total. The van der Waals surface area contributed by atoms with Gasteiger partial charge in [-0.2, -0.15) is 0 Å². The maximum absolute atomic E-state index is 12.6. The van der Waals surface area contributed by atoms with Gasteiger partial charge in [0.25, 0.3) is 5.91 Å². The normalized spacial score (nSPS) is 13.3. The van der Waals surface area contributed by atoms with Crippen LogP contribution in [0.25, 0.3) is 0 Å². The smallest absolute Gasteiger partial charge is 0.258 e. The van der Waals surface area contributed by atoms with Gasteiger partial charge in [0.05, 0.1) is 3.57 Å². The first-order valence-corrected chi connectivity index (χ1v) is 7.74. The van der Waals surface area contributed by atoms with Gasteiger partial charge in [-0.15, -0.1) is 0 Å². The molecule has 0 fully saturated rings. The van der Waals surface area contributed by atoms with Gasteiger partial charge >= 0.3 is 0 Å². The summed E-state index contributed by atoms with van der Waals surface area (Å²) in [5.41, 5.74) is 10.2. The largest absolute Gasteiger partial charge is 0.507 e. The number of nitrogen functional groups attached to an aromatic ring is 1. The number of nitrogens with zero attached hydrogens (tertiary/aromatic N) is 1. The van der Waals surface area contributed by atoms with E-state index in [4.69, 9.17) is 5.73 Å². The third-order valence-electron chi connectivity index (χ3n) is 3.80. The number of hydrogen-bond donors (Lipinski definition) is 2. The van der Waals surface area contributed by atoms with Crippen LogP contribution < -0.4 is 10.6 Å². The minimum absolute atomic E-state index is 0.108. The average Bonchev–Trinajstić information content (AvgIpc) is 2.84. The lowest BCUT2D eigenvalue weighted by atomic mass is 10.1. The Morgan fingerprint density at radius 3 is 2.81 bits per heavy atom. The number of rotatable bonds is 1. The van der Waals surface area contributed by atoms with Crippen LogP contribution in [-0.2, 0) is 6.42 Å². The monoisotopic (exact) mass is 394 g/mol. The van der Waals surface area contributed by atoms with E-state index in [0.717, 1.165) is 26.8 Å². The molecule has 0 bridgehead atoms. The molecule has 0 spiro atoms. The first-order chi connectivity index (χ1) is 9.97. The van der Waals surface area contributed by atoms with E-state index in [2.05, 4.69) is 0 Å². The van der Waals surface area contributed by atoms with Crippen molar-refractivity contribution in [3.8, 4) is 5.75 Å².